The van der Waals surface area contributed by atoms with Crippen molar-refractivity contribution in [3.05, 3.63) is 47.3 Å². The molecule has 2 rings (SSSR count). The van der Waals surface area contributed by atoms with Crippen molar-refractivity contribution in [1.29, 1.82) is 0 Å². The second-order valence-electron chi connectivity index (χ2n) is 6.22. The molecule has 1 heterocycles. The highest BCUT2D eigenvalue weighted by Crippen LogP contribution is 2.34. The monoisotopic (exact) mass is 426 g/mol. The Bertz CT molecular complexity index is 870. The highest BCUT2D eigenvalue weighted by Gasteiger charge is 2.33. The number of halogens is 3. The number of carbonyl (C=O) groups excluding carboxylic acids is 2. The van der Waals surface area contributed by atoms with Gasteiger partial charge in [-0.05, 0) is 39.0 Å². The smallest absolute Gasteiger partial charge is 0.333 e. The number of thioether (sulfide) groups is 1. The maximum absolute atomic E-state index is 13.0. The van der Waals surface area contributed by atoms with E-state index in [0.29, 0.717) is 5.16 Å². The lowest BCUT2D eigenvalue weighted by atomic mass is 10.1. The van der Waals surface area contributed by atoms with Crippen LogP contribution >= 0.6 is 11.8 Å². The van der Waals surface area contributed by atoms with E-state index in [1.54, 1.807) is 6.92 Å². The first kappa shape index (κ1) is 22.7. The Morgan fingerprint density at radius 3 is 2.34 bits per heavy atom. The van der Waals surface area contributed by atoms with Gasteiger partial charge in [0.15, 0.2) is 5.16 Å². The lowest BCUT2D eigenvalue weighted by molar-refractivity contribution is -0.137. The van der Waals surface area contributed by atoms with Gasteiger partial charge in [0.2, 0.25) is 11.8 Å². The van der Waals surface area contributed by atoms with Crippen molar-refractivity contribution < 1.29 is 22.8 Å². The van der Waals surface area contributed by atoms with Gasteiger partial charge in [-0.3, -0.25) is 9.59 Å². The number of nitrogens with one attached hydrogen (secondary N) is 1. The molecule has 156 valence electrons. The molecule has 0 radical (unpaired) electrons. The second kappa shape index (κ2) is 9.73. The second-order valence-corrected chi connectivity index (χ2v) is 7.16. The molecule has 0 saturated carbocycles. The molecule has 0 saturated heterocycles. The Kier molecular flexibility index (Phi) is 7.60. The van der Waals surface area contributed by atoms with Crippen molar-refractivity contribution in [2.75, 3.05) is 24.2 Å². The van der Waals surface area contributed by atoms with Crippen LogP contribution in [0.5, 0.6) is 0 Å². The molecule has 2 amide bonds. The zero-order chi connectivity index (χ0) is 21.6. The van der Waals surface area contributed by atoms with Gasteiger partial charge in [0.25, 0.3) is 0 Å². The van der Waals surface area contributed by atoms with Crippen LogP contribution in [-0.4, -0.2) is 45.5 Å². The van der Waals surface area contributed by atoms with Crippen molar-refractivity contribution >= 4 is 29.3 Å². The molecule has 0 aliphatic carbocycles. The normalized spacial score (nSPS) is 11.2. The summed E-state index contributed by atoms with van der Waals surface area (Å²) >= 11 is 1.14. The fourth-order valence-electron chi connectivity index (χ4n) is 2.55. The first-order chi connectivity index (χ1) is 13.6. The summed E-state index contributed by atoms with van der Waals surface area (Å²) in [5.74, 6) is -1.02. The number of hydrogen-bond donors (Lipinski definition) is 1. The average molecular weight is 426 g/mol. The zero-order valence-corrected chi connectivity index (χ0v) is 17.0. The van der Waals surface area contributed by atoms with E-state index in [-0.39, 0.29) is 30.4 Å². The first-order valence-electron chi connectivity index (χ1n) is 8.79. The number of carbonyl (C=O) groups is 2. The molecular formula is C19H21F3N4O2S. The van der Waals surface area contributed by atoms with Crippen molar-refractivity contribution in [3.63, 3.8) is 0 Å². The molecule has 0 spiro atoms. The van der Waals surface area contributed by atoms with Gasteiger partial charge >= 0.3 is 6.18 Å². The summed E-state index contributed by atoms with van der Waals surface area (Å²) in [4.78, 5) is 34.4. The fraction of sp³-hybridized carbons (Fsp3) is 0.368. The predicted octanol–water partition coefficient (Wildman–Crippen LogP) is 3.69. The van der Waals surface area contributed by atoms with E-state index in [1.165, 1.54) is 23.1 Å². The summed E-state index contributed by atoms with van der Waals surface area (Å²) in [6, 6.07) is 6.51. The zero-order valence-electron chi connectivity index (χ0n) is 16.2. The van der Waals surface area contributed by atoms with Crippen LogP contribution in [0.3, 0.4) is 0 Å². The quantitative estimate of drug-likeness (QED) is 0.540. The standard InChI is InChI=1S/C19H21F3N4O2S/c1-4-26(17(28)11-29-18-23-12(2)9-13(3)24-18)10-16(27)25-15-8-6-5-7-14(15)19(20,21)22/h5-9H,4,10-11H2,1-3H3,(H,25,27). The van der Waals surface area contributed by atoms with Crippen molar-refractivity contribution in [2.24, 2.45) is 0 Å². The van der Waals surface area contributed by atoms with E-state index >= 15 is 0 Å². The van der Waals surface area contributed by atoms with Crippen LogP contribution in [0.4, 0.5) is 18.9 Å². The molecule has 2 aromatic rings. The highest BCUT2D eigenvalue weighted by atomic mass is 32.2. The average Bonchev–Trinajstić information content (AvgIpc) is 2.63. The molecular weight excluding hydrogens is 405 g/mol. The lowest BCUT2D eigenvalue weighted by Gasteiger charge is -2.21. The number of nitrogens with zero attached hydrogens (tertiary/aromatic N) is 3. The summed E-state index contributed by atoms with van der Waals surface area (Å²) < 4.78 is 39.1. The molecule has 0 atom stereocenters. The largest absolute Gasteiger partial charge is 0.418 e. The van der Waals surface area contributed by atoms with Gasteiger partial charge in [0, 0.05) is 17.9 Å². The summed E-state index contributed by atoms with van der Waals surface area (Å²) in [6.07, 6.45) is -4.59. The van der Waals surface area contributed by atoms with Gasteiger partial charge in [0.05, 0.1) is 23.5 Å². The number of rotatable bonds is 7. The Morgan fingerprint density at radius 2 is 1.76 bits per heavy atom. The minimum atomic E-state index is -4.59. The Balaban J connectivity index is 1.98. The number of hydrogen-bond acceptors (Lipinski definition) is 5. The highest BCUT2D eigenvalue weighted by molar-refractivity contribution is 7.99. The number of anilines is 1. The van der Waals surface area contributed by atoms with Crippen molar-refractivity contribution in [3.8, 4) is 0 Å². The number of benzene rings is 1. The van der Waals surface area contributed by atoms with Gasteiger partial charge in [-0.2, -0.15) is 13.2 Å². The fourth-order valence-corrected chi connectivity index (χ4v) is 3.41. The van der Waals surface area contributed by atoms with Gasteiger partial charge in [-0.25, -0.2) is 9.97 Å². The van der Waals surface area contributed by atoms with E-state index in [2.05, 4.69) is 15.3 Å². The summed E-state index contributed by atoms with van der Waals surface area (Å²) in [7, 11) is 0. The summed E-state index contributed by atoms with van der Waals surface area (Å²) in [5, 5.41) is 2.70. The van der Waals surface area contributed by atoms with Crippen molar-refractivity contribution in [2.45, 2.75) is 32.1 Å². The molecule has 0 bridgehead atoms. The molecule has 0 aliphatic heterocycles. The van der Waals surface area contributed by atoms with Crippen LogP contribution in [0, 0.1) is 13.8 Å². The summed E-state index contributed by atoms with van der Waals surface area (Å²) in [5.41, 5.74) is 0.279. The molecule has 6 nitrogen and oxygen atoms in total. The van der Waals surface area contributed by atoms with E-state index < -0.39 is 17.6 Å². The molecule has 1 N–H and O–H groups in total. The van der Waals surface area contributed by atoms with Gasteiger partial charge in [-0.15, -0.1) is 0 Å². The van der Waals surface area contributed by atoms with Crippen LogP contribution in [-0.2, 0) is 15.8 Å². The number of amides is 2. The molecule has 1 aromatic carbocycles. The number of aromatic nitrogens is 2. The van der Waals surface area contributed by atoms with Gasteiger partial charge in [-0.1, -0.05) is 23.9 Å². The third-order valence-corrected chi connectivity index (χ3v) is 4.69. The third kappa shape index (κ3) is 6.74. The Morgan fingerprint density at radius 1 is 1.14 bits per heavy atom. The van der Waals surface area contributed by atoms with Gasteiger partial charge in [0.1, 0.15) is 0 Å². The minimum Gasteiger partial charge on any atom is -0.333 e. The van der Waals surface area contributed by atoms with Crippen LogP contribution in [0.15, 0.2) is 35.5 Å². The van der Waals surface area contributed by atoms with Gasteiger partial charge < -0.3 is 10.2 Å². The van der Waals surface area contributed by atoms with E-state index in [4.69, 9.17) is 0 Å². The molecule has 1 aromatic heterocycles. The first-order valence-corrected chi connectivity index (χ1v) is 9.77. The molecule has 10 heteroatoms. The topological polar surface area (TPSA) is 75.2 Å². The maximum Gasteiger partial charge on any atom is 0.418 e. The van der Waals surface area contributed by atoms with Crippen LogP contribution in [0.2, 0.25) is 0 Å². The Hall–Kier alpha value is -2.62. The molecule has 0 fully saturated rings. The number of alkyl halides is 3. The Labute approximate surface area is 170 Å². The maximum atomic E-state index is 13.0. The molecule has 0 unspecified atom stereocenters. The van der Waals surface area contributed by atoms with E-state index in [1.807, 2.05) is 19.9 Å². The SMILES string of the molecule is CCN(CC(=O)Nc1ccccc1C(F)(F)F)C(=O)CSc1nc(C)cc(C)n1. The van der Waals surface area contributed by atoms with E-state index in [9.17, 15) is 22.8 Å². The third-order valence-electron chi connectivity index (χ3n) is 3.86. The molecule has 29 heavy (non-hydrogen) atoms. The van der Waals surface area contributed by atoms with E-state index in [0.717, 1.165) is 29.2 Å². The lowest BCUT2D eigenvalue weighted by Crippen LogP contribution is -2.39. The number of likely N-dealkylation sites (N-methyl/N-ethyl adjacent to an activating group) is 1. The minimum absolute atomic E-state index is 0.0170. The van der Waals surface area contributed by atoms with Crippen LogP contribution < -0.4 is 5.32 Å². The summed E-state index contributed by atoms with van der Waals surface area (Å²) in [6.45, 7) is 5.22. The predicted molar refractivity (Wildman–Crippen MR) is 105 cm³/mol. The van der Waals surface area contributed by atoms with Crippen LogP contribution in [0.1, 0.15) is 23.9 Å². The van der Waals surface area contributed by atoms with Crippen molar-refractivity contribution in [1.82, 2.24) is 14.9 Å². The molecule has 0 aliphatic rings. The number of para-hydroxylation sites is 1. The number of aryl methyl sites for hydroxylation is 2. The van der Waals surface area contributed by atoms with Crippen LogP contribution in [0.25, 0.3) is 0 Å².